The van der Waals surface area contributed by atoms with Crippen molar-refractivity contribution in [2.45, 2.75) is 58.0 Å². The number of hydrogen-bond donors (Lipinski definition) is 2. The predicted octanol–water partition coefficient (Wildman–Crippen LogP) is 2.76. The molecule has 0 bridgehead atoms. The number of para-hydroxylation sites is 1. The molecule has 2 N–H and O–H groups in total. The first-order valence-corrected chi connectivity index (χ1v) is 10.3. The molecule has 2 aliphatic heterocycles. The summed E-state index contributed by atoms with van der Waals surface area (Å²) >= 11 is 0. The van der Waals surface area contributed by atoms with Crippen molar-refractivity contribution in [2.75, 3.05) is 13.2 Å². The zero-order chi connectivity index (χ0) is 20.8. The van der Waals surface area contributed by atoms with Crippen LogP contribution >= 0.6 is 0 Å². The SMILES string of the molecule is C[C@@H]1CC(C)(C)C[C@@]2(C1)NC(=O)N(CC(=O)N[C@@H]1CCOc3ccccc31)C2=O. The number of amides is 4. The molecule has 7 nitrogen and oxygen atoms in total. The molecule has 1 saturated carbocycles. The Morgan fingerprint density at radius 1 is 1.28 bits per heavy atom. The Balaban J connectivity index is 1.45. The second-order valence-electron chi connectivity index (χ2n) is 9.55. The van der Waals surface area contributed by atoms with Crippen LogP contribution in [0, 0.1) is 11.3 Å². The van der Waals surface area contributed by atoms with Gasteiger partial charge in [0.05, 0.1) is 12.6 Å². The fraction of sp³-hybridized carbons (Fsp3) is 0.591. The van der Waals surface area contributed by atoms with Gasteiger partial charge < -0.3 is 15.4 Å². The third-order valence-corrected chi connectivity index (χ3v) is 6.22. The van der Waals surface area contributed by atoms with Crippen molar-refractivity contribution in [2.24, 2.45) is 11.3 Å². The lowest BCUT2D eigenvalue weighted by atomic mass is 9.64. The van der Waals surface area contributed by atoms with E-state index < -0.39 is 11.6 Å². The van der Waals surface area contributed by atoms with Gasteiger partial charge in [0.1, 0.15) is 17.8 Å². The molecule has 3 atom stereocenters. The normalized spacial score (nSPS) is 30.5. The van der Waals surface area contributed by atoms with E-state index in [1.807, 2.05) is 24.3 Å². The fourth-order valence-electron chi connectivity index (χ4n) is 5.53. The van der Waals surface area contributed by atoms with Crippen molar-refractivity contribution in [3.63, 3.8) is 0 Å². The Labute approximate surface area is 171 Å². The quantitative estimate of drug-likeness (QED) is 0.765. The highest BCUT2D eigenvalue weighted by atomic mass is 16.5. The molecule has 1 aromatic carbocycles. The first-order chi connectivity index (χ1) is 13.7. The first kappa shape index (κ1) is 19.7. The second-order valence-corrected chi connectivity index (χ2v) is 9.55. The summed E-state index contributed by atoms with van der Waals surface area (Å²) in [6.45, 7) is 6.62. The molecule has 2 heterocycles. The number of carbonyl (C=O) groups excluding carboxylic acids is 3. The molecule has 2 fully saturated rings. The molecule has 4 amide bonds. The van der Waals surface area contributed by atoms with Crippen LogP contribution in [0.25, 0.3) is 0 Å². The van der Waals surface area contributed by atoms with Gasteiger partial charge >= 0.3 is 6.03 Å². The van der Waals surface area contributed by atoms with Crippen LogP contribution in [0.15, 0.2) is 24.3 Å². The van der Waals surface area contributed by atoms with E-state index in [0.717, 1.165) is 22.6 Å². The largest absolute Gasteiger partial charge is 0.493 e. The molecule has 0 radical (unpaired) electrons. The molecule has 4 rings (SSSR count). The number of ether oxygens (including phenoxy) is 1. The zero-order valence-electron chi connectivity index (χ0n) is 17.3. The summed E-state index contributed by atoms with van der Waals surface area (Å²) in [4.78, 5) is 39.6. The summed E-state index contributed by atoms with van der Waals surface area (Å²) in [5.41, 5.74) is -0.00211. The van der Waals surface area contributed by atoms with E-state index in [9.17, 15) is 14.4 Å². The molecular formula is C22H29N3O4. The number of urea groups is 1. The van der Waals surface area contributed by atoms with Gasteiger partial charge in [0.2, 0.25) is 5.91 Å². The second kappa shape index (κ2) is 7.04. The Morgan fingerprint density at radius 2 is 2.03 bits per heavy atom. The third kappa shape index (κ3) is 3.70. The molecular weight excluding hydrogens is 370 g/mol. The molecule has 1 spiro atoms. The van der Waals surface area contributed by atoms with Gasteiger partial charge in [-0.3, -0.25) is 14.5 Å². The van der Waals surface area contributed by atoms with Crippen LogP contribution < -0.4 is 15.4 Å². The van der Waals surface area contributed by atoms with E-state index in [1.54, 1.807) is 0 Å². The van der Waals surface area contributed by atoms with Gasteiger partial charge in [-0.2, -0.15) is 0 Å². The number of benzene rings is 1. The maximum absolute atomic E-state index is 13.2. The highest BCUT2D eigenvalue weighted by Gasteiger charge is 2.56. The standard InChI is InChI=1S/C22H29N3O4/c1-14-10-21(2,3)13-22(11-14)19(27)25(20(28)24-22)12-18(26)23-16-8-9-29-17-7-5-4-6-15(16)17/h4-7,14,16H,8-13H2,1-3H3,(H,23,26)(H,24,28)/t14-,16-,22-/m1/s1. The van der Waals surface area contributed by atoms with Crippen LogP contribution in [-0.4, -0.2) is 41.4 Å². The van der Waals surface area contributed by atoms with E-state index in [-0.39, 0.29) is 29.8 Å². The van der Waals surface area contributed by atoms with Crippen LogP contribution in [0.5, 0.6) is 5.75 Å². The molecule has 156 valence electrons. The number of nitrogens with zero attached hydrogens (tertiary/aromatic N) is 1. The van der Waals surface area contributed by atoms with Gasteiger partial charge in [-0.15, -0.1) is 0 Å². The third-order valence-electron chi connectivity index (χ3n) is 6.22. The number of fused-ring (bicyclic) bond motifs is 1. The lowest BCUT2D eigenvalue weighted by molar-refractivity contribution is -0.137. The first-order valence-electron chi connectivity index (χ1n) is 10.3. The number of hydrogen-bond acceptors (Lipinski definition) is 4. The number of imide groups is 1. The van der Waals surface area contributed by atoms with Crippen molar-refractivity contribution >= 4 is 17.8 Å². The fourth-order valence-corrected chi connectivity index (χ4v) is 5.53. The van der Waals surface area contributed by atoms with Gasteiger partial charge in [-0.1, -0.05) is 39.0 Å². The minimum Gasteiger partial charge on any atom is -0.493 e. The lowest BCUT2D eigenvalue weighted by Crippen LogP contribution is -2.54. The molecule has 1 saturated heterocycles. The van der Waals surface area contributed by atoms with E-state index >= 15 is 0 Å². The Kier molecular flexibility index (Phi) is 4.79. The molecule has 1 aliphatic carbocycles. The van der Waals surface area contributed by atoms with Crippen molar-refractivity contribution in [3.05, 3.63) is 29.8 Å². The summed E-state index contributed by atoms with van der Waals surface area (Å²) in [6, 6.07) is 6.94. The molecule has 0 aromatic heterocycles. The van der Waals surface area contributed by atoms with Gasteiger partial charge in [0.15, 0.2) is 0 Å². The molecule has 3 aliphatic rings. The predicted molar refractivity (Wildman–Crippen MR) is 107 cm³/mol. The Morgan fingerprint density at radius 3 is 2.79 bits per heavy atom. The monoisotopic (exact) mass is 399 g/mol. The van der Waals surface area contributed by atoms with Crippen LogP contribution in [0.1, 0.15) is 58.1 Å². The topological polar surface area (TPSA) is 87.7 Å². The lowest BCUT2D eigenvalue weighted by Gasteiger charge is -2.43. The maximum Gasteiger partial charge on any atom is 0.325 e. The minimum atomic E-state index is -0.885. The van der Waals surface area contributed by atoms with Crippen LogP contribution in [-0.2, 0) is 9.59 Å². The van der Waals surface area contributed by atoms with Gasteiger partial charge in [0.25, 0.3) is 5.91 Å². The van der Waals surface area contributed by atoms with Gasteiger partial charge in [0, 0.05) is 12.0 Å². The molecule has 1 aromatic rings. The maximum atomic E-state index is 13.2. The average molecular weight is 399 g/mol. The summed E-state index contributed by atoms with van der Waals surface area (Å²) in [5, 5.41) is 5.88. The Hall–Kier alpha value is -2.57. The smallest absolute Gasteiger partial charge is 0.325 e. The summed E-state index contributed by atoms with van der Waals surface area (Å²) in [5.74, 6) is 0.479. The molecule has 0 unspecified atom stereocenters. The molecule has 29 heavy (non-hydrogen) atoms. The number of rotatable bonds is 3. The van der Waals surface area contributed by atoms with Gasteiger partial charge in [-0.05, 0) is 36.7 Å². The van der Waals surface area contributed by atoms with Crippen LogP contribution in [0.4, 0.5) is 4.79 Å². The average Bonchev–Trinajstić information content (AvgIpc) is 2.83. The number of carbonyl (C=O) groups is 3. The summed E-state index contributed by atoms with van der Waals surface area (Å²) in [7, 11) is 0. The summed E-state index contributed by atoms with van der Waals surface area (Å²) < 4.78 is 5.63. The van der Waals surface area contributed by atoms with E-state index in [4.69, 9.17) is 4.74 Å². The number of nitrogens with one attached hydrogen (secondary N) is 2. The highest BCUT2D eigenvalue weighted by molar-refractivity contribution is 6.09. The summed E-state index contributed by atoms with van der Waals surface area (Å²) in [6.07, 6.45) is 2.88. The van der Waals surface area contributed by atoms with Crippen molar-refractivity contribution in [1.29, 1.82) is 0 Å². The zero-order valence-corrected chi connectivity index (χ0v) is 17.3. The highest BCUT2D eigenvalue weighted by Crippen LogP contribution is 2.46. The van der Waals surface area contributed by atoms with Crippen molar-refractivity contribution in [3.8, 4) is 5.75 Å². The van der Waals surface area contributed by atoms with E-state index in [2.05, 4.69) is 31.4 Å². The van der Waals surface area contributed by atoms with Crippen molar-refractivity contribution in [1.82, 2.24) is 15.5 Å². The van der Waals surface area contributed by atoms with Crippen molar-refractivity contribution < 1.29 is 19.1 Å². The van der Waals surface area contributed by atoms with E-state index in [1.165, 1.54) is 0 Å². The van der Waals surface area contributed by atoms with Crippen LogP contribution in [0.2, 0.25) is 0 Å². The van der Waals surface area contributed by atoms with E-state index in [0.29, 0.717) is 31.8 Å². The molecule has 7 heteroatoms. The van der Waals surface area contributed by atoms with Gasteiger partial charge in [-0.25, -0.2) is 4.79 Å². The Bertz CT molecular complexity index is 852. The minimum absolute atomic E-state index is 0.0370. The van der Waals surface area contributed by atoms with Crippen LogP contribution in [0.3, 0.4) is 0 Å².